The van der Waals surface area contributed by atoms with Gasteiger partial charge in [0.1, 0.15) is 5.82 Å². The monoisotopic (exact) mass is 387 g/mol. The Morgan fingerprint density at radius 2 is 2.07 bits per heavy atom. The third kappa shape index (κ3) is 3.68. The van der Waals surface area contributed by atoms with Crippen LogP contribution in [0.4, 0.5) is 15.2 Å². The molecule has 1 aromatic carbocycles. The van der Waals surface area contributed by atoms with Gasteiger partial charge in [0, 0.05) is 36.5 Å². The number of anilines is 2. The van der Waals surface area contributed by atoms with Crippen molar-refractivity contribution in [1.29, 1.82) is 0 Å². The van der Waals surface area contributed by atoms with Gasteiger partial charge in [0.2, 0.25) is 16.0 Å². The molecule has 4 rings (SSSR count). The molecule has 2 aromatic heterocycles. The number of rotatable bonds is 3. The Bertz CT molecular complexity index is 1060. The molecular weight excluding hydrogens is 369 g/mol. The molecule has 3 aromatic rings. The Hall–Kier alpha value is -2.81. The lowest BCUT2D eigenvalue weighted by atomic mass is 9.96. The van der Waals surface area contributed by atoms with Gasteiger partial charge in [-0.2, -0.15) is 4.52 Å². The smallest absolute Gasteiger partial charge is 0.275 e. The number of carbonyl (C=O) groups excluding carboxylic acids is 1. The minimum absolute atomic E-state index is 0.0990. The highest BCUT2D eigenvalue weighted by atomic mass is 32.1. The first-order valence-electron chi connectivity index (χ1n) is 8.68. The highest BCUT2D eigenvalue weighted by Crippen LogP contribution is 2.27. The highest BCUT2D eigenvalue weighted by molar-refractivity contribution is 7.20. The summed E-state index contributed by atoms with van der Waals surface area (Å²) in [5, 5.41) is 7.88. The summed E-state index contributed by atoms with van der Waals surface area (Å²) in [4.78, 5) is 31.4. The van der Waals surface area contributed by atoms with Crippen molar-refractivity contribution in [3.05, 3.63) is 52.2 Å². The third-order valence-corrected chi connectivity index (χ3v) is 5.56. The first-order valence-corrected chi connectivity index (χ1v) is 9.50. The van der Waals surface area contributed by atoms with Crippen LogP contribution in [-0.2, 0) is 4.79 Å². The van der Waals surface area contributed by atoms with E-state index in [1.54, 1.807) is 19.1 Å². The molecule has 1 saturated heterocycles. The van der Waals surface area contributed by atoms with Crippen molar-refractivity contribution >= 4 is 33.0 Å². The number of aryl methyl sites for hydroxylation is 1. The molecule has 1 fully saturated rings. The summed E-state index contributed by atoms with van der Waals surface area (Å²) in [5.41, 5.74) is 0.946. The number of aromatic nitrogens is 3. The Kier molecular flexibility index (Phi) is 4.61. The topological polar surface area (TPSA) is 79.6 Å². The summed E-state index contributed by atoms with van der Waals surface area (Å²) in [6.07, 6.45) is 1.33. The second kappa shape index (κ2) is 7.07. The van der Waals surface area contributed by atoms with E-state index in [9.17, 15) is 14.0 Å². The first kappa shape index (κ1) is 17.6. The van der Waals surface area contributed by atoms with Gasteiger partial charge in [-0.3, -0.25) is 9.59 Å². The molecule has 3 heterocycles. The van der Waals surface area contributed by atoms with E-state index in [1.807, 2.05) is 0 Å². The third-order valence-electron chi connectivity index (χ3n) is 4.59. The Balaban J connectivity index is 1.42. The number of carbonyl (C=O) groups is 1. The average Bonchev–Trinajstić information content (AvgIpc) is 3.06. The minimum atomic E-state index is -0.377. The maximum Gasteiger partial charge on any atom is 0.275 e. The van der Waals surface area contributed by atoms with Crippen molar-refractivity contribution in [1.82, 2.24) is 14.6 Å². The predicted octanol–water partition coefficient (Wildman–Crippen LogP) is 2.45. The molecule has 0 bridgehead atoms. The number of benzene rings is 1. The standard InChI is InChI=1S/C18H18FN5O2S/c1-11-9-15(25)24-17(20-11)27-18(22-24)23-7-5-12(6-8-23)16(26)21-14-4-2-3-13(19)10-14/h2-4,9-10,12H,5-8H2,1H3,(H,21,26). The molecule has 0 spiro atoms. The largest absolute Gasteiger partial charge is 0.347 e. The number of hydrogen-bond acceptors (Lipinski definition) is 6. The lowest BCUT2D eigenvalue weighted by Gasteiger charge is -2.30. The molecule has 1 N–H and O–H groups in total. The fourth-order valence-corrected chi connectivity index (χ4v) is 4.19. The van der Waals surface area contributed by atoms with Crippen LogP contribution in [0.5, 0.6) is 0 Å². The van der Waals surface area contributed by atoms with Crippen LogP contribution in [0.25, 0.3) is 4.96 Å². The van der Waals surface area contributed by atoms with Crippen LogP contribution in [0.3, 0.4) is 0 Å². The Morgan fingerprint density at radius 3 is 2.81 bits per heavy atom. The van der Waals surface area contributed by atoms with E-state index in [2.05, 4.69) is 20.3 Å². The van der Waals surface area contributed by atoms with Crippen LogP contribution in [-0.4, -0.2) is 33.6 Å². The molecule has 0 saturated carbocycles. The van der Waals surface area contributed by atoms with Crippen molar-refractivity contribution in [2.24, 2.45) is 5.92 Å². The molecule has 7 nitrogen and oxygen atoms in total. The Labute approximate surface area is 158 Å². The van der Waals surface area contributed by atoms with E-state index < -0.39 is 0 Å². The molecule has 1 amide bonds. The second-order valence-electron chi connectivity index (χ2n) is 6.58. The van der Waals surface area contributed by atoms with Crippen LogP contribution < -0.4 is 15.8 Å². The van der Waals surface area contributed by atoms with Crippen molar-refractivity contribution in [3.63, 3.8) is 0 Å². The quantitative estimate of drug-likeness (QED) is 0.747. The number of amides is 1. The van der Waals surface area contributed by atoms with E-state index in [4.69, 9.17) is 0 Å². The van der Waals surface area contributed by atoms with Gasteiger partial charge in [0.25, 0.3) is 5.56 Å². The number of fused-ring (bicyclic) bond motifs is 1. The lowest BCUT2D eigenvalue weighted by molar-refractivity contribution is -0.120. The molecule has 1 aliphatic heterocycles. The average molecular weight is 387 g/mol. The zero-order valence-electron chi connectivity index (χ0n) is 14.7. The molecule has 0 unspecified atom stereocenters. The van der Waals surface area contributed by atoms with Gasteiger partial charge in [0.05, 0.1) is 0 Å². The number of halogens is 1. The normalized spacial score (nSPS) is 15.3. The summed E-state index contributed by atoms with van der Waals surface area (Å²) >= 11 is 1.37. The fraction of sp³-hybridized carbons (Fsp3) is 0.333. The van der Waals surface area contributed by atoms with Crippen LogP contribution in [0.2, 0.25) is 0 Å². The van der Waals surface area contributed by atoms with Crippen molar-refractivity contribution in [2.75, 3.05) is 23.3 Å². The molecule has 0 radical (unpaired) electrons. The molecule has 140 valence electrons. The second-order valence-corrected chi connectivity index (χ2v) is 7.51. The zero-order valence-corrected chi connectivity index (χ0v) is 15.5. The van der Waals surface area contributed by atoms with Crippen molar-refractivity contribution < 1.29 is 9.18 Å². The fourth-order valence-electron chi connectivity index (χ4n) is 3.18. The minimum Gasteiger partial charge on any atom is -0.347 e. The number of nitrogens with zero attached hydrogens (tertiary/aromatic N) is 4. The van der Waals surface area contributed by atoms with Gasteiger partial charge in [-0.15, -0.1) is 5.10 Å². The van der Waals surface area contributed by atoms with Crippen LogP contribution in [0.1, 0.15) is 18.5 Å². The van der Waals surface area contributed by atoms with Gasteiger partial charge in [0.15, 0.2) is 0 Å². The summed E-state index contributed by atoms with van der Waals surface area (Å²) in [6, 6.07) is 7.34. The van der Waals surface area contributed by atoms with Gasteiger partial charge >= 0.3 is 0 Å². The van der Waals surface area contributed by atoms with E-state index in [0.29, 0.717) is 42.3 Å². The van der Waals surface area contributed by atoms with Gasteiger partial charge in [-0.1, -0.05) is 17.4 Å². The lowest BCUT2D eigenvalue weighted by Crippen LogP contribution is -2.38. The molecule has 0 aliphatic carbocycles. The first-order chi connectivity index (χ1) is 13.0. The molecular formula is C18H18FN5O2S. The number of piperidine rings is 1. The van der Waals surface area contributed by atoms with Gasteiger partial charge < -0.3 is 10.2 Å². The molecule has 0 atom stereocenters. The van der Waals surface area contributed by atoms with E-state index >= 15 is 0 Å². The van der Waals surface area contributed by atoms with Crippen LogP contribution >= 0.6 is 11.3 Å². The van der Waals surface area contributed by atoms with Crippen LogP contribution in [0, 0.1) is 18.7 Å². The summed E-state index contributed by atoms with van der Waals surface area (Å²) in [6.45, 7) is 3.10. The van der Waals surface area contributed by atoms with Crippen molar-refractivity contribution in [2.45, 2.75) is 19.8 Å². The predicted molar refractivity (Wildman–Crippen MR) is 102 cm³/mol. The highest BCUT2D eigenvalue weighted by Gasteiger charge is 2.27. The number of nitrogens with one attached hydrogen (secondary N) is 1. The Morgan fingerprint density at radius 1 is 1.30 bits per heavy atom. The maximum absolute atomic E-state index is 13.2. The van der Waals surface area contributed by atoms with E-state index in [0.717, 1.165) is 5.13 Å². The summed E-state index contributed by atoms with van der Waals surface area (Å²) in [7, 11) is 0. The maximum atomic E-state index is 13.2. The van der Waals surface area contributed by atoms with E-state index in [1.165, 1.54) is 34.1 Å². The van der Waals surface area contributed by atoms with Gasteiger partial charge in [-0.05, 0) is 38.0 Å². The summed E-state index contributed by atoms with van der Waals surface area (Å²) in [5.74, 6) is -0.613. The number of hydrogen-bond donors (Lipinski definition) is 1. The molecule has 27 heavy (non-hydrogen) atoms. The van der Waals surface area contributed by atoms with E-state index in [-0.39, 0.29) is 23.2 Å². The van der Waals surface area contributed by atoms with Gasteiger partial charge in [-0.25, -0.2) is 9.37 Å². The molecule has 1 aliphatic rings. The SMILES string of the molecule is Cc1cc(=O)n2nc(N3CCC(C(=O)Nc4cccc(F)c4)CC3)sc2n1. The zero-order chi connectivity index (χ0) is 19.0. The summed E-state index contributed by atoms with van der Waals surface area (Å²) < 4.78 is 14.6. The van der Waals surface area contributed by atoms with Crippen LogP contribution in [0.15, 0.2) is 35.1 Å². The molecule has 9 heteroatoms. The van der Waals surface area contributed by atoms with Crippen molar-refractivity contribution in [3.8, 4) is 0 Å².